The first-order valence-electron chi connectivity index (χ1n) is 7.91. The van der Waals surface area contributed by atoms with Crippen molar-refractivity contribution < 1.29 is 31.4 Å². The molecular weight excluding hydrogens is 312 g/mol. The van der Waals surface area contributed by atoms with Gasteiger partial charge in [-0.05, 0) is 6.42 Å². The first kappa shape index (κ1) is 21.8. The van der Waals surface area contributed by atoms with Gasteiger partial charge in [-0.3, -0.25) is 4.55 Å². The Morgan fingerprint density at radius 3 is 1.68 bits per heavy atom. The molecular formula is C14H30O7S. The molecule has 0 rings (SSSR count). The third kappa shape index (κ3) is 19.8. The number of ether oxygens (including phenoxy) is 3. The van der Waals surface area contributed by atoms with Crippen LogP contribution in [0.1, 0.15) is 45.4 Å². The summed E-state index contributed by atoms with van der Waals surface area (Å²) >= 11 is 0. The summed E-state index contributed by atoms with van der Waals surface area (Å²) in [5.41, 5.74) is 0. The molecule has 0 amide bonds. The van der Waals surface area contributed by atoms with Crippen molar-refractivity contribution in [1.29, 1.82) is 0 Å². The normalized spacial score (nSPS) is 11.9. The Hall–Kier alpha value is -0.250. The maximum Gasteiger partial charge on any atom is 0.397 e. The van der Waals surface area contributed by atoms with Crippen molar-refractivity contribution in [1.82, 2.24) is 0 Å². The summed E-state index contributed by atoms with van der Waals surface area (Å²) in [4.78, 5) is 0. The highest BCUT2D eigenvalue weighted by molar-refractivity contribution is 7.80. The largest absolute Gasteiger partial charge is 0.397 e. The monoisotopic (exact) mass is 342 g/mol. The van der Waals surface area contributed by atoms with Crippen LogP contribution in [0.5, 0.6) is 0 Å². The van der Waals surface area contributed by atoms with Crippen LogP contribution in [-0.4, -0.2) is 59.2 Å². The first-order valence-corrected chi connectivity index (χ1v) is 9.28. The van der Waals surface area contributed by atoms with Gasteiger partial charge in [0.25, 0.3) is 0 Å². The SMILES string of the molecule is CCCCCCCCOCCOCCOCCOS(=O)(=O)O. The summed E-state index contributed by atoms with van der Waals surface area (Å²) in [5, 5.41) is 0. The van der Waals surface area contributed by atoms with Crippen molar-refractivity contribution >= 4 is 10.4 Å². The molecule has 0 radical (unpaired) electrons. The van der Waals surface area contributed by atoms with Crippen molar-refractivity contribution in [3.05, 3.63) is 0 Å². The molecule has 0 aliphatic carbocycles. The van der Waals surface area contributed by atoms with E-state index in [1.54, 1.807) is 0 Å². The number of hydrogen-bond donors (Lipinski definition) is 1. The fourth-order valence-corrected chi connectivity index (χ4v) is 2.00. The van der Waals surface area contributed by atoms with Gasteiger partial charge in [-0.25, -0.2) is 4.18 Å². The molecule has 0 saturated carbocycles. The Kier molecular flexibility index (Phi) is 15.5. The molecule has 0 bridgehead atoms. The highest BCUT2D eigenvalue weighted by Crippen LogP contribution is 2.04. The molecule has 0 saturated heterocycles. The molecule has 0 atom stereocenters. The molecule has 0 spiro atoms. The summed E-state index contributed by atoms with van der Waals surface area (Å²) in [5.74, 6) is 0. The third-order valence-electron chi connectivity index (χ3n) is 2.85. The Bertz CT molecular complexity index is 319. The molecule has 134 valence electrons. The molecule has 0 aromatic heterocycles. The van der Waals surface area contributed by atoms with Crippen LogP contribution in [0.2, 0.25) is 0 Å². The quantitative estimate of drug-likeness (QED) is 0.320. The van der Waals surface area contributed by atoms with Gasteiger partial charge in [0.1, 0.15) is 0 Å². The molecule has 0 aliphatic rings. The summed E-state index contributed by atoms with van der Waals surface area (Å²) in [7, 11) is -4.37. The zero-order valence-electron chi connectivity index (χ0n) is 13.5. The lowest BCUT2D eigenvalue weighted by atomic mass is 10.1. The fraction of sp³-hybridized carbons (Fsp3) is 1.00. The molecule has 7 nitrogen and oxygen atoms in total. The van der Waals surface area contributed by atoms with Crippen molar-refractivity contribution in [3.8, 4) is 0 Å². The van der Waals surface area contributed by atoms with E-state index in [1.807, 2.05) is 0 Å². The predicted molar refractivity (Wildman–Crippen MR) is 83.3 cm³/mol. The van der Waals surface area contributed by atoms with E-state index >= 15 is 0 Å². The number of unbranched alkanes of at least 4 members (excludes halogenated alkanes) is 5. The van der Waals surface area contributed by atoms with Crippen LogP contribution in [0.3, 0.4) is 0 Å². The van der Waals surface area contributed by atoms with Gasteiger partial charge >= 0.3 is 10.4 Å². The summed E-state index contributed by atoms with van der Waals surface area (Å²) in [6.45, 7) is 4.69. The van der Waals surface area contributed by atoms with Crippen LogP contribution in [-0.2, 0) is 28.8 Å². The molecule has 0 aromatic rings. The fourth-order valence-electron chi connectivity index (χ4n) is 1.72. The summed E-state index contributed by atoms with van der Waals surface area (Å²) < 4.78 is 48.6. The average Bonchev–Trinajstić information content (AvgIpc) is 2.45. The Morgan fingerprint density at radius 1 is 0.682 bits per heavy atom. The van der Waals surface area contributed by atoms with E-state index in [4.69, 9.17) is 18.8 Å². The molecule has 0 aromatic carbocycles. The smallest absolute Gasteiger partial charge is 0.379 e. The van der Waals surface area contributed by atoms with Gasteiger partial charge in [0.05, 0.1) is 39.6 Å². The molecule has 22 heavy (non-hydrogen) atoms. The van der Waals surface area contributed by atoms with Crippen LogP contribution in [0.25, 0.3) is 0 Å². The molecule has 0 aliphatic heterocycles. The molecule has 8 heteroatoms. The van der Waals surface area contributed by atoms with E-state index in [-0.39, 0.29) is 13.2 Å². The van der Waals surface area contributed by atoms with E-state index < -0.39 is 10.4 Å². The van der Waals surface area contributed by atoms with E-state index in [2.05, 4.69) is 11.1 Å². The first-order chi connectivity index (χ1) is 10.6. The lowest BCUT2D eigenvalue weighted by Crippen LogP contribution is -2.13. The topological polar surface area (TPSA) is 91.3 Å². The van der Waals surface area contributed by atoms with Crippen LogP contribution >= 0.6 is 0 Å². The minimum atomic E-state index is -4.37. The predicted octanol–water partition coefficient (Wildman–Crippen LogP) is 2.22. The molecule has 0 unspecified atom stereocenters. The molecule has 1 N–H and O–H groups in total. The average molecular weight is 342 g/mol. The van der Waals surface area contributed by atoms with E-state index in [1.165, 1.54) is 32.1 Å². The van der Waals surface area contributed by atoms with Gasteiger partial charge in [-0.15, -0.1) is 0 Å². The Labute approximate surface area is 134 Å². The van der Waals surface area contributed by atoms with Gasteiger partial charge in [0, 0.05) is 6.61 Å². The zero-order chi connectivity index (χ0) is 16.5. The van der Waals surface area contributed by atoms with E-state index in [0.717, 1.165) is 13.0 Å². The maximum absolute atomic E-state index is 10.2. The van der Waals surface area contributed by atoms with Crippen molar-refractivity contribution in [2.75, 3.05) is 46.2 Å². The second kappa shape index (κ2) is 15.6. The Morgan fingerprint density at radius 2 is 1.14 bits per heavy atom. The van der Waals surface area contributed by atoms with Crippen molar-refractivity contribution in [2.24, 2.45) is 0 Å². The highest BCUT2D eigenvalue weighted by atomic mass is 32.3. The van der Waals surface area contributed by atoms with Crippen LogP contribution in [0, 0.1) is 0 Å². The van der Waals surface area contributed by atoms with Gasteiger partial charge < -0.3 is 14.2 Å². The lowest BCUT2D eigenvalue weighted by Gasteiger charge is -2.06. The third-order valence-corrected chi connectivity index (χ3v) is 3.31. The maximum atomic E-state index is 10.2. The van der Waals surface area contributed by atoms with Crippen molar-refractivity contribution in [2.45, 2.75) is 45.4 Å². The van der Waals surface area contributed by atoms with Crippen LogP contribution < -0.4 is 0 Å². The second-order valence-electron chi connectivity index (χ2n) is 4.85. The van der Waals surface area contributed by atoms with Gasteiger partial charge in [0.15, 0.2) is 0 Å². The van der Waals surface area contributed by atoms with Crippen LogP contribution in [0.4, 0.5) is 0 Å². The van der Waals surface area contributed by atoms with Crippen LogP contribution in [0.15, 0.2) is 0 Å². The van der Waals surface area contributed by atoms with Gasteiger partial charge in [0.2, 0.25) is 0 Å². The molecule has 0 heterocycles. The lowest BCUT2D eigenvalue weighted by molar-refractivity contribution is 0.00854. The van der Waals surface area contributed by atoms with E-state index in [0.29, 0.717) is 26.4 Å². The van der Waals surface area contributed by atoms with Gasteiger partial charge in [-0.2, -0.15) is 8.42 Å². The Balaban J connectivity index is 3.03. The highest BCUT2D eigenvalue weighted by Gasteiger charge is 2.02. The minimum Gasteiger partial charge on any atom is -0.379 e. The zero-order valence-corrected chi connectivity index (χ0v) is 14.3. The van der Waals surface area contributed by atoms with E-state index in [9.17, 15) is 8.42 Å². The minimum absolute atomic E-state index is 0.0810. The number of rotatable bonds is 17. The summed E-state index contributed by atoms with van der Waals surface area (Å²) in [6.07, 6.45) is 7.51. The number of hydrogen-bond acceptors (Lipinski definition) is 6. The summed E-state index contributed by atoms with van der Waals surface area (Å²) in [6, 6.07) is 0. The second-order valence-corrected chi connectivity index (χ2v) is 5.95. The van der Waals surface area contributed by atoms with Gasteiger partial charge in [-0.1, -0.05) is 39.0 Å². The standard InChI is InChI=1S/C14H30O7S/c1-2-3-4-5-6-7-8-18-9-10-19-11-12-20-13-14-21-22(15,16)17/h2-14H2,1H3,(H,15,16,17). The van der Waals surface area contributed by atoms with Crippen molar-refractivity contribution in [3.63, 3.8) is 0 Å². The molecule has 0 fully saturated rings.